The highest BCUT2D eigenvalue weighted by molar-refractivity contribution is 7.99. The summed E-state index contributed by atoms with van der Waals surface area (Å²) >= 11 is 1.84. The minimum atomic E-state index is -0.0452. The molecule has 21 heavy (non-hydrogen) atoms. The third-order valence-corrected chi connectivity index (χ3v) is 4.55. The van der Waals surface area contributed by atoms with E-state index in [1.165, 1.54) is 0 Å². The van der Waals surface area contributed by atoms with Crippen LogP contribution in [0.1, 0.15) is 24.2 Å². The molecule has 0 spiro atoms. The maximum Gasteiger partial charge on any atom is 0.180 e. The largest absolute Gasteiger partial charge is 0.490 e. The first kappa shape index (κ1) is 16.2. The fourth-order valence-corrected chi connectivity index (χ4v) is 3.57. The Morgan fingerprint density at radius 2 is 2.00 bits per heavy atom. The van der Waals surface area contributed by atoms with E-state index in [4.69, 9.17) is 9.47 Å². The number of ether oxygens (including phenoxy) is 2. The summed E-state index contributed by atoms with van der Waals surface area (Å²) in [5.41, 5.74) is 0.696. The molecule has 0 saturated carbocycles. The molecule has 2 rings (SSSR count). The van der Waals surface area contributed by atoms with Crippen molar-refractivity contribution >= 4 is 17.5 Å². The van der Waals surface area contributed by atoms with Crippen molar-refractivity contribution in [1.29, 1.82) is 0 Å². The first-order valence-corrected chi connectivity index (χ1v) is 8.54. The van der Waals surface area contributed by atoms with Gasteiger partial charge >= 0.3 is 0 Å². The number of likely N-dealkylation sites (N-methyl/N-ethyl adjacent to an activating group) is 1. The molecule has 0 bridgehead atoms. The first-order chi connectivity index (χ1) is 10.2. The fraction of sp³-hybridized carbons (Fsp3) is 0.562. The van der Waals surface area contributed by atoms with Crippen molar-refractivity contribution in [1.82, 2.24) is 4.90 Å². The summed E-state index contributed by atoms with van der Waals surface area (Å²) in [6.07, 6.45) is 0. The summed E-state index contributed by atoms with van der Waals surface area (Å²) in [5.74, 6) is 3.45. The lowest BCUT2D eigenvalue weighted by atomic mass is 10.0. The van der Waals surface area contributed by atoms with Crippen LogP contribution >= 0.6 is 11.8 Å². The molecule has 1 fully saturated rings. The molecule has 4 nitrogen and oxygen atoms in total. The van der Waals surface area contributed by atoms with E-state index in [1.54, 1.807) is 0 Å². The summed E-state index contributed by atoms with van der Waals surface area (Å²) in [6, 6.07) is 5.43. The molecule has 1 unspecified atom stereocenters. The van der Waals surface area contributed by atoms with Gasteiger partial charge in [-0.05, 0) is 39.1 Å². The van der Waals surface area contributed by atoms with Crippen LogP contribution in [0.4, 0.5) is 0 Å². The van der Waals surface area contributed by atoms with E-state index in [0.29, 0.717) is 30.3 Å². The van der Waals surface area contributed by atoms with Gasteiger partial charge in [-0.3, -0.25) is 9.69 Å². The number of rotatable bonds is 6. The van der Waals surface area contributed by atoms with Gasteiger partial charge in [0.25, 0.3) is 0 Å². The summed E-state index contributed by atoms with van der Waals surface area (Å²) in [5, 5.41) is 0. The van der Waals surface area contributed by atoms with Crippen LogP contribution in [0, 0.1) is 0 Å². The van der Waals surface area contributed by atoms with Crippen molar-refractivity contribution in [3.63, 3.8) is 0 Å². The molecule has 1 aromatic rings. The Morgan fingerprint density at radius 1 is 1.29 bits per heavy atom. The SMILES string of the molecule is CCOc1ccc(C(=O)C2CSCCN2C)cc1OCC. The van der Waals surface area contributed by atoms with Gasteiger partial charge in [0.15, 0.2) is 17.3 Å². The smallest absolute Gasteiger partial charge is 0.180 e. The molecule has 1 atom stereocenters. The normalized spacial score (nSPS) is 19.3. The molecular formula is C16H23NO3S. The molecule has 0 aromatic heterocycles. The quantitative estimate of drug-likeness (QED) is 0.756. The van der Waals surface area contributed by atoms with E-state index in [-0.39, 0.29) is 11.8 Å². The lowest BCUT2D eigenvalue weighted by Gasteiger charge is -2.31. The van der Waals surface area contributed by atoms with Gasteiger partial charge in [0.2, 0.25) is 0 Å². The molecule has 0 radical (unpaired) electrons. The highest BCUT2D eigenvalue weighted by Gasteiger charge is 2.27. The second-order valence-electron chi connectivity index (χ2n) is 4.96. The van der Waals surface area contributed by atoms with Gasteiger partial charge in [0.05, 0.1) is 19.3 Å². The predicted molar refractivity (Wildman–Crippen MR) is 86.9 cm³/mol. The number of benzene rings is 1. The van der Waals surface area contributed by atoms with E-state index in [1.807, 2.05) is 50.9 Å². The molecule has 116 valence electrons. The second kappa shape index (κ2) is 7.71. The van der Waals surface area contributed by atoms with Crippen LogP contribution in [0.5, 0.6) is 11.5 Å². The van der Waals surface area contributed by atoms with Crippen LogP contribution in [0.15, 0.2) is 18.2 Å². The van der Waals surface area contributed by atoms with Gasteiger partial charge in [-0.1, -0.05) is 0 Å². The number of carbonyl (C=O) groups is 1. The number of nitrogens with zero attached hydrogens (tertiary/aromatic N) is 1. The number of hydrogen-bond acceptors (Lipinski definition) is 5. The van der Waals surface area contributed by atoms with Gasteiger partial charge in [-0.2, -0.15) is 11.8 Å². The minimum absolute atomic E-state index is 0.0452. The molecule has 1 aromatic carbocycles. The number of ketones is 1. The fourth-order valence-electron chi connectivity index (χ4n) is 2.36. The Kier molecular flexibility index (Phi) is 5.94. The highest BCUT2D eigenvalue weighted by Crippen LogP contribution is 2.30. The van der Waals surface area contributed by atoms with Crippen molar-refractivity contribution in [2.24, 2.45) is 0 Å². The van der Waals surface area contributed by atoms with E-state index in [0.717, 1.165) is 18.1 Å². The van der Waals surface area contributed by atoms with E-state index in [2.05, 4.69) is 4.90 Å². The van der Waals surface area contributed by atoms with Crippen molar-refractivity contribution < 1.29 is 14.3 Å². The van der Waals surface area contributed by atoms with Crippen LogP contribution in [-0.4, -0.2) is 55.0 Å². The third kappa shape index (κ3) is 3.92. The molecular weight excluding hydrogens is 286 g/mol. The second-order valence-corrected chi connectivity index (χ2v) is 6.11. The van der Waals surface area contributed by atoms with E-state index in [9.17, 15) is 4.79 Å². The number of carbonyl (C=O) groups excluding carboxylic acids is 1. The van der Waals surface area contributed by atoms with Crippen molar-refractivity contribution in [2.45, 2.75) is 19.9 Å². The standard InChI is InChI=1S/C16H23NO3S/c1-4-19-14-7-6-12(10-15(14)20-5-2)16(18)13-11-21-9-8-17(13)3/h6-7,10,13H,4-5,8-9,11H2,1-3H3. The molecule has 1 aliphatic rings. The Bertz CT molecular complexity index is 492. The topological polar surface area (TPSA) is 38.8 Å². The average molecular weight is 309 g/mol. The number of Topliss-reactive ketones (excluding diaryl/α,β-unsaturated/α-hetero) is 1. The van der Waals surface area contributed by atoms with Gasteiger partial charge in [0.1, 0.15) is 0 Å². The van der Waals surface area contributed by atoms with Crippen LogP contribution in [-0.2, 0) is 0 Å². The summed E-state index contributed by atoms with van der Waals surface area (Å²) in [4.78, 5) is 14.8. The molecule has 0 aliphatic carbocycles. The van der Waals surface area contributed by atoms with Gasteiger partial charge in [0, 0.05) is 23.6 Å². The predicted octanol–water partition coefficient (Wildman–Crippen LogP) is 2.71. The lowest BCUT2D eigenvalue weighted by molar-refractivity contribution is 0.0874. The Labute approximate surface area is 130 Å². The Balaban J connectivity index is 2.22. The first-order valence-electron chi connectivity index (χ1n) is 7.39. The zero-order valence-electron chi connectivity index (χ0n) is 12.9. The van der Waals surface area contributed by atoms with Crippen LogP contribution in [0.2, 0.25) is 0 Å². The average Bonchev–Trinajstić information content (AvgIpc) is 2.49. The van der Waals surface area contributed by atoms with Gasteiger partial charge < -0.3 is 9.47 Å². The van der Waals surface area contributed by atoms with Crippen LogP contribution in [0.3, 0.4) is 0 Å². The summed E-state index contributed by atoms with van der Waals surface area (Å²) in [7, 11) is 2.01. The van der Waals surface area contributed by atoms with Gasteiger partial charge in [-0.25, -0.2) is 0 Å². The Hall–Kier alpha value is -1.20. The van der Waals surface area contributed by atoms with Gasteiger partial charge in [-0.15, -0.1) is 0 Å². The third-order valence-electron chi connectivity index (χ3n) is 3.53. The molecule has 1 heterocycles. The molecule has 1 saturated heterocycles. The van der Waals surface area contributed by atoms with Crippen molar-refractivity contribution in [3.8, 4) is 11.5 Å². The summed E-state index contributed by atoms with van der Waals surface area (Å²) in [6.45, 7) is 5.95. The molecule has 5 heteroatoms. The molecule has 1 aliphatic heterocycles. The van der Waals surface area contributed by atoms with Crippen molar-refractivity contribution in [3.05, 3.63) is 23.8 Å². The van der Waals surface area contributed by atoms with E-state index >= 15 is 0 Å². The molecule has 0 N–H and O–H groups in total. The van der Waals surface area contributed by atoms with E-state index < -0.39 is 0 Å². The zero-order valence-corrected chi connectivity index (χ0v) is 13.7. The van der Waals surface area contributed by atoms with Crippen LogP contribution < -0.4 is 9.47 Å². The van der Waals surface area contributed by atoms with Crippen LogP contribution in [0.25, 0.3) is 0 Å². The maximum absolute atomic E-state index is 12.7. The Morgan fingerprint density at radius 3 is 2.67 bits per heavy atom. The number of thioether (sulfide) groups is 1. The zero-order chi connectivity index (χ0) is 15.2. The van der Waals surface area contributed by atoms with Crippen molar-refractivity contribution in [2.75, 3.05) is 38.3 Å². The minimum Gasteiger partial charge on any atom is -0.490 e. The monoisotopic (exact) mass is 309 g/mol. The number of hydrogen-bond donors (Lipinski definition) is 0. The maximum atomic E-state index is 12.7. The highest BCUT2D eigenvalue weighted by atomic mass is 32.2. The summed E-state index contributed by atoms with van der Waals surface area (Å²) < 4.78 is 11.1. The molecule has 0 amide bonds. The lowest BCUT2D eigenvalue weighted by Crippen LogP contribution is -2.44.